The van der Waals surface area contributed by atoms with Gasteiger partial charge in [-0.3, -0.25) is 4.79 Å². The van der Waals surface area contributed by atoms with E-state index in [0.717, 1.165) is 10.2 Å². The van der Waals surface area contributed by atoms with Crippen molar-refractivity contribution in [2.45, 2.75) is 20.3 Å². The Bertz CT molecular complexity index is 586. The van der Waals surface area contributed by atoms with Crippen LogP contribution in [0.25, 0.3) is 0 Å². The van der Waals surface area contributed by atoms with Gasteiger partial charge in [-0.25, -0.2) is 4.79 Å². The Labute approximate surface area is 151 Å². The maximum absolute atomic E-state index is 12.3. The molecule has 1 fully saturated rings. The number of carbonyl (C=O) groups excluding carboxylic acids is 2. The summed E-state index contributed by atoms with van der Waals surface area (Å²) in [5, 5.41) is 3.26. The smallest absolute Gasteiger partial charge is 0.409 e. The van der Waals surface area contributed by atoms with E-state index >= 15 is 0 Å². The highest BCUT2D eigenvalue weighted by Crippen LogP contribution is 2.20. The molecule has 132 valence electrons. The number of nitrogens with zero attached hydrogens (tertiary/aromatic N) is 2. The summed E-state index contributed by atoms with van der Waals surface area (Å²) in [5.41, 5.74) is 2.17. The van der Waals surface area contributed by atoms with Gasteiger partial charge >= 0.3 is 6.09 Å². The van der Waals surface area contributed by atoms with Crippen LogP contribution in [0.5, 0.6) is 0 Å². The minimum absolute atomic E-state index is 0.109. The van der Waals surface area contributed by atoms with Crippen molar-refractivity contribution in [3.63, 3.8) is 0 Å². The number of nitrogens with one attached hydrogen (secondary N) is 1. The van der Waals surface area contributed by atoms with E-state index < -0.39 is 0 Å². The van der Waals surface area contributed by atoms with Crippen LogP contribution in [0.3, 0.4) is 0 Å². The molecule has 2 amide bonds. The number of hydrogen-bond acceptors (Lipinski definition) is 4. The number of halogens is 1. The molecule has 0 unspecified atom stereocenters. The van der Waals surface area contributed by atoms with Crippen molar-refractivity contribution >= 4 is 33.6 Å². The van der Waals surface area contributed by atoms with Gasteiger partial charge in [-0.2, -0.15) is 0 Å². The van der Waals surface area contributed by atoms with Crippen LogP contribution in [0.15, 0.2) is 22.7 Å². The lowest BCUT2D eigenvalue weighted by Crippen LogP contribution is -2.50. The first-order valence-electron chi connectivity index (χ1n) is 8.20. The van der Waals surface area contributed by atoms with Crippen molar-refractivity contribution in [3.05, 3.63) is 28.2 Å². The SMILES string of the molecule is CCOC(=O)N1CCN(C(=O)CCNc2ccc(C)c(Br)c2)CC1. The second-order valence-corrected chi connectivity index (χ2v) is 6.56. The Morgan fingerprint density at radius 1 is 1.21 bits per heavy atom. The fourth-order valence-electron chi connectivity index (χ4n) is 2.53. The number of rotatable bonds is 5. The van der Waals surface area contributed by atoms with E-state index in [1.165, 1.54) is 5.56 Å². The predicted molar refractivity (Wildman–Crippen MR) is 97.2 cm³/mol. The number of aryl methyl sites for hydroxylation is 1. The van der Waals surface area contributed by atoms with Gasteiger partial charge in [0.15, 0.2) is 0 Å². The van der Waals surface area contributed by atoms with Crippen LogP contribution in [-0.4, -0.2) is 61.1 Å². The number of amides is 2. The monoisotopic (exact) mass is 397 g/mol. The molecule has 7 heteroatoms. The van der Waals surface area contributed by atoms with Gasteiger partial charge in [0, 0.05) is 49.3 Å². The van der Waals surface area contributed by atoms with Crippen molar-refractivity contribution in [1.82, 2.24) is 9.80 Å². The molecule has 2 rings (SSSR count). The van der Waals surface area contributed by atoms with E-state index in [1.807, 2.05) is 30.0 Å². The van der Waals surface area contributed by atoms with E-state index in [-0.39, 0.29) is 12.0 Å². The number of benzene rings is 1. The standard InChI is InChI=1S/C17H24BrN3O3/c1-3-24-17(23)21-10-8-20(9-11-21)16(22)6-7-19-14-5-4-13(2)15(18)12-14/h4-5,12,19H,3,6-11H2,1-2H3. The zero-order valence-electron chi connectivity index (χ0n) is 14.2. The van der Waals surface area contributed by atoms with Crippen molar-refractivity contribution in [2.24, 2.45) is 0 Å². The molecular formula is C17H24BrN3O3. The number of ether oxygens (including phenoxy) is 1. The lowest BCUT2D eigenvalue weighted by atomic mass is 10.2. The molecule has 0 bridgehead atoms. The Morgan fingerprint density at radius 2 is 1.88 bits per heavy atom. The second kappa shape index (κ2) is 8.92. The summed E-state index contributed by atoms with van der Waals surface area (Å²) in [7, 11) is 0. The number of carbonyl (C=O) groups is 2. The molecule has 1 aliphatic rings. The van der Waals surface area contributed by atoms with Crippen LogP contribution in [0.4, 0.5) is 10.5 Å². The summed E-state index contributed by atoms with van der Waals surface area (Å²) in [6, 6.07) is 6.05. The average molecular weight is 398 g/mol. The van der Waals surface area contributed by atoms with Crippen molar-refractivity contribution in [1.29, 1.82) is 0 Å². The Morgan fingerprint density at radius 3 is 2.50 bits per heavy atom. The van der Waals surface area contributed by atoms with E-state index in [0.29, 0.717) is 45.8 Å². The molecule has 0 spiro atoms. The summed E-state index contributed by atoms with van der Waals surface area (Å²) in [4.78, 5) is 27.4. The number of hydrogen-bond donors (Lipinski definition) is 1. The van der Waals surface area contributed by atoms with Gasteiger partial charge in [0.1, 0.15) is 0 Å². The maximum atomic E-state index is 12.3. The molecule has 1 N–H and O–H groups in total. The largest absolute Gasteiger partial charge is 0.450 e. The van der Waals surface area contributed by atoms with Gasteiger partial charge in [-0.15, -0.1) is 0 Å². The highest BCUT2D eigenvalue weighted by Gasteiger charge is 2.24. The molecular weight excluding hydrogens is 374 g/mol. The van der Waals surface area contributed by atoms with Crippen LogP contribution in [0.2, 0.25) is 0 Å². The summed E-state index contributed by atoms with van der Waals surface area (Å²) in [6.45, 7) is 6.98. The van der Waals surface area contributed by atoms with Gasteiger partial charge in [0.2, 0.25) is 5.91 Å². The number of piperazine rings is 1. The number of anilines is 1. The molecule has 0 aliphatic carbocycles. The molecule has 0 saturated carbocycles. The first-order chi connectivity index (χ1) is 11.5. The van der Waals surface area contributed by atoms with Crippen LogP contribution in [0.1, 0.15) is 18.9 Å². The zero-order chi connectivity index (χ0) is 17.5. The predicted octanol–water partition coefficient (Wildman–Crippen LogP) is 2.86. The third kappa shape index (κ3) is 5.12. The Hall–Kier alpha value is -1.76. The molecule has 1 aromatic carbocycles. The lowest BCUT2D eigenvalue weighted by molar-refractivity contribution is -0.132. The molecule has 1 heterocycles. The minimum Gasteiger partial charge on any atom is -0.450 e. The maximum Gasteiger partial charge on any atom is 0.409 e. The van der Waals surface area contributed by atoms with Gasteiger partial charge in [-0.1, -0.05) is 22.0 Å². The van der Waals surface area contributed by atoms with E-state index in [4.69, 9.17) is 4.74 Å². The Kier molecular flexibility index (Phi) is 6.90. The van der Waals surface area contributed by atoms with Crippen LogP contribution < -0.4 is 5.32 Å². The van der Waals surface area contributed by atoms with E-state index in [9.17, 15) is 9.59 Å². The third-order valence-corrected chi connectivity index (χ3v) is 4.85. The summed E-state index contributed by atoms with van der Waals surface area (Å²) >= 11 is 3.50. The highest BCUT2D eigenvalue weighted by atomic mass is 79.9. The molecule has 1 aliphatic heterocycles. The fraction of sp³-hybridized carbons (Fsp3) is 0.529. The summed E-state index contributed by atoms with van der Waals surface area (Å²) in [6.07, 6.45) is 0.140. The van der Waals surface area contributed by atoms with Crippen molar-refractivity contribution < 1.29 is 14.3 Å². The first kappa shape index (κ1) is 18.6. The average Bonchev–Trinajstić information content (AvgIpc) is 2.58. The molecule has 6 nitrogen and oxygen atoms in total. The molecule has 0 aromatic heterocycles. The normalized spacial score (nSPS) is 14.5. The first-order valence-corrected chi connectivity index (χ1v) is 9.00. The summed E-state index contributed by atoms with van der Waals surface area (Å²) in [5.74, 6) is 0.109. The molecule has 1 saturated heterocycles. The second-order valence-electron chi connectivity index (χ2n) is 5.71. The van der Waals surface area contributed by atoms with Gasteiger partial charge in [-0.05, 0) is 31.5 Å². The van der Waals surface area contributed by atoms with Gasteiger partial charge in [0.05, 0.1) is 6.61 Å². The molecule has 0 atom stereocenters. The topological polar surface area (TPSA) is 61.9 Å². The van der Waals surface area contributed by atoms with Gasteiger partial charge < -0.3 is 19.9 Å². The quantitative estimate of drug-likeness (QED) is 0.829. The lowest BCUT2D eigenvalue weighted by Gasteiger charge is -2.34. The van der Waals surface area contributed by atoms with Gasteiger partial charge in [0.25, 0.3) is 0 Å². The van der Waals surface area contributed by atoms with Crippen LogP contribution in [-0.2, 0) is 9.53 Å². The van der Waals surface area contributed by atoms with Crippen molar-refractivity contribution in [3.8, 4) is 0 Å². The molecule has 1 aromatic rings. The zero-order valence-corrected chi connectivity index (χ0v) is 15.8. The Balaban J connectivity index is 1.72. The van der Waals surface area contributed by atoms with E-state index in [1.54, 1.807) is 11.8 Å². The third-order valence-electron chi connectivity index (χ3n) is 4.00. The molecule has 24 heavy (non-hydrogen) atoms. The van der Waals surface area contributed by atoms with Crippen LogP contribution in [0, 0.1) is 6.92 Å². The van der Waals surface area contributed by atoms with E-state index in [2.05, 4.69) is 21.2 Å². The summed E-state index contributed by atoms with van der Waals surface area (Å²) < 4.78 is 6.03. The van der Waals surface area contributed by atoms with Crippen LogP contribution >= 0.6 is 15.9 Å². The van der Waals surface area contributed by atoms with Crippen molar-refractivity contribution in [2.75, 3.05) is 44.6 Å². The minimum atomic E-state index is -0.295. The highest BCUT2D eigenvalue weighted by molar-refractivity contribution is 9.10. The fourth-order valence-corrected chi connectivity index (χ4v) is 2.91. The molecule has 0 radical (unpaired) electrons.